The number of hydrogen-bond acceptors (Lipinski definition) is 2. The molecular weight excluding hydrogens is 218 g/mol. The topological polar surface area (TPSA) is 57.6 Å². The van der Waals surface area contributed by atoms with Gasteiger partial charge in [0.25, 0.3) is 0 Å². The molecule has 2 aliphatic rings. The fourth-order valence-corrected chi connectivity index (χ4v) is 2.62. The van der Waals surface area contributed by atoms with E-state index in [1.807, 2.05) is 0 Å². The largest absolute Gasteiger partial charge is 0.481 e. The van der Waals surface area contributed by atoms with Crippen molar-refractivity contribution in [3.8, 4) is 0 Å². The number of aliphatic carboxylic acids is 1. The highest BCUT2D eigenvalue weighted by Crippen LogP contribution is 2.33. The molecule has 1 aliphatic carbocycles. The molecule has 0 spiro atoms. The third-order valence-electron chi connectivity index (χ3n) is 4.33. The molecule has 0 aromatic rings. The number of amides is 1. The highest BCUT2D eigenvalue weighted by atomic mass is 16.4. The Labute approximate surface area is 102 Å². The summed E-state index contributed by atoms with van der Waals surface area (Å²) in [7, 11) is 0. The molecule has 0 radical (unpaired) electrons. The Balaban J connectivity index is 1.79. The number of nitrogens with zero attached hydrogens (tertiary/aromatic N) is 1. The van der Waals surface area contributed by atoms with Gasteiger partial charge in [0.15, 0.2) is 0 Å². The van der Waals surface area contributed by atoms with Crippen LogP contribution in [0, 0.1) is 11.3 Å². The van der Waals surface area contributed by atoms with E-state index in [9.17, 15) is 9.59 Å². The molecule has 1 saturated heterocycles. The number of carbonyl (C=O) groups is 2. The van der Waals surface area contributed by atoms with Crippen molar-refractivity contribution in [2.75, 3.05) is 13.1 Å². The maximum absolute atomic E-state index is 11.9. The molecular formula is C13H21NO3. The molecule has 1 aliphatic heterocycles. The van der Waals surface area contributed by atoms with Gasteiger partial charge in [-0.05, 0) is 25.7 Å². The van der Waals surface area contributed by atoms with Crippen LogP contribution in [0.3, 0.4) is 0 Å². The Morgan fingerprint density at radius 2 is 2.12 bits per heavy atom. The summed E-state index contributed by atoms with van der Waals surface area (Å²) in [6, 6.07) is 0. The quantitative estimate of drug-likeness (QED) is 0.815. The third kappa shape index (κ3) is 2.61. The summed E-state index contributed by atoms with van der Waals surface area (Å²) >= 11 is 0. The zero-order valence-corrected chi connectivity index (χ0v) is 10.4. The van der Waals surface area contributed by atoms with E-state index >= 15 is 0 Å². The van der Waals surface area contributed by atoms with Crippen LogP contribution in [0.2, 0.25) is 0 Å². The van der Waals surface area contributed by atoms with Crippen molar-refractivity contribution in [3.05, 3.63) is 0 Å². The minimum atomic E-state index is -0.785. The third-order valence-corrected chi connectivity index (χ3v) is 4.33. The monoisotopic (exact) mass is 239 g/mol. The fourth-order valence-electron chi connectivity index (χ4n) is 2.62. The zero-order valence-electron chi connectivity index (χ0n) is 10.4. The van der Waals surface area contributed by atoms with Gasteiger partial charge < -0.3 is 10.0 Å². The van der Waals surface area contributed by atoms with Crippen molar-refractivity contribution in [1.82, 2.24) is 4.90 Å². The first kappa shape index (κ1) is 12.4. The van der Waals surface area contributed by atoms with Crippen molar-refractivity contribution in [3.63, 3.8) is 0 Å². The molecule has 1 unspecified atom stereocenters. The van der Waals surface area contributed by atoms with E-state index in [1.165, 1.54) is 19.3 Å². The Morgan fingerprint density at radius 1 is 1.41 bits per heavy atom. The predicted molar refractivity (Wildman–Crippen MR) is 63.5 cm³/mol. The summed E-state index contributed by atoms with van der Waals surface area (Å²) in [6.45, 7) is 2.71. The number of rotatable bonds is 4. The van der Waals surface area contributed by atoms with Gasteiger partial charge in [0.1, 0.15) is 0 Å². The lowest BCUT2D eigenvalue weighted by atomic mass is 9.82. The molecule has 2 rings (SSSR count). The average molecular weight is 239 g/mol. The highest BCUT2D eigenvalue weighted by molar-refractivity contribution is 5.80. The summed E-state index contributed by atoms with van der Waals surface area (Å²) in [5, 5.41) is 9.10. The van der Waals surface area contributed by atoms with E-state index in [-0.39, 0.29) is 5.91 Å². The first-order valence-electron chi connectivity index (χ1n) is 6.52. The van der Waals surface area contributed by atoms with Gasteiger partial charge in [-0.25, -0.2) is 0 Å². The molecule has 96 valence electrons. The van der Waals surface area contributed by atoms with Crippen molar-refractivity contribution < 1.29 is 14.7 Å². The second-order valence-corrected chi connectivity index (χ2v) is 5.77. The molecule has 1 amide bonds. The first-order chi connectivity index (χ1) is 8.01. The number of hydrogen-bond donors (Lipinski definition) is 1. The maximum atomic E-state index is 11.9. The minimum Gasteiger partial charge on any atom is -0.481 e. The second-order valence-electron chi connectivity index (χ2n) is 5.77. The van der Waals surface area contributed by atoms with Crippen molar-refractivity contribution in [2.45, 2.75) is 45.4 Å². The van der Waals surface area contributed by atoms with Gasteiger partial charge in [-0.1, -0.05) is 19.3 Å². The second kappa shape index (κ2) is 4.67. The lowest BCUT2D eigenvalue weighted by Gasteiger charge is -2.26. The lowest BCUT2D eigenvalue weighted by molar-refractivity contribution is -0.147. The normalized spacial score (nSPS) is 29.1. The van der Waals surface area contributed by atoms with Gasteiger partial charge in [-0.2, -0.15) is 0 Å². The SMILES string of the molecule is CC1(C(=O)O)CCN(C(=O)CCC2CCC2)C1. The van der Waals surface area contributed by atoms with E-state index < -0.39 is 11.4 Å². The van der Waals surface area contributed by atoms with Gasteiger partial charge >= 0.3 is 5.97 Å². The lowest BCUT2D eigenvalue weighted by Crippen LogP contribution is -2.35. The average Bonchev–Trinajstić information content (AvgIpc) is 2.60. The molecule has 1 heterocycles. The smallest absolute Gasteiger partial charge is 0.311 e. The molecule has 1 saturated carbocycles. The van der Waals surface area contributed by atoms with E-state index in [2.05, 4.69) is 0 Å². The minimum absolute atomic E-state index is 0.141. The number of carbonyl (C=O) groups excluding carboxylic acids is 1. The fraction of sp³-hybridized carbons (Fsp3) is 0.846. The van der Waals surface area contributed by atoms with Crippen molar-refractivity contribution in [2.24, 2.45) is 11.3 Å². The van der Waals surface area contributed by atoms with Gasteiger partial charge in [-0.3, -0.25) is 9.59 Å². The van der Waals surface area contributed by atoms with Crippen LogP contribution in [-0.2, 0) is 9.59 Å². The van der Waals surface area contributed by atoms with Gasteiger partial charge in [-0.15, -0.1) is 0 Å². The Kier molecular flexibility index (Phi) is 3.40. The molecule has 1 atom stereocenters. The molecule has 17 heavy (non-hydrogen) atoms. The van der Waals surface area contributed by atoms with E-state index in [1.54, 1.807) is 11.8 Å². The number of carboxylic acids is 1. The molecule has 4 nitrogen and oxygen atoms in total. The van der Waals surface area contributed by atoms with Gasteiger partial charge in [0, 0.05) is 19.5 Å². The van der Waals surface area contributed by atoms with E-state index in [0.29, 0.717) is 25.9 Å². The van der Waals surface area contributed by atoms with Crippen LogP contribution >= 0.6 is 0 Å². The van der Waals surface area contributed by atoms with Gasteiger partial charge in [0.05, 0.1) is 5.41 Å². The van der Waals surface area contributed by atoms with Gasteiger partial charge in [0.2, 0.25) is 5.91 Å². The van der Waals surface area contributed by atoms with Crippen molar-refractivity contribution >= 4 is 11.9 Å². The predicted octanol–water partition coefficient (Wildman–Crippen LogP) is 1.89. The van der Waals surface area contributed by atoms with E-state index in [0.717, 1.165) is 12.3 Å². The Hall–Kier alpha value is -1.06. The van der Waals surface area contributed by atoms with Crippen LogP contribution in [0.4, 0.5) is 0 Å². The van der Waals surface area contributed by atoms with E-state index in [4.69, 9.17) is 5.11 Å². The summed E-state index contributed by atoms with van der Waals surface area (Å²) in [4.78, 5) is 24.7. The van der Waals surface area contributed by atoms with Crippen LogP contribution < -0.4 is 0 Å². The van der Waals surface area contributed by atoms with Crippen LogP contribution in [0.15, 0.2) is 0 Å². The highest BCUT2D eigenvalue weighted by Gasteiger charge is 2.41. The molecule has 0 bridgehead atoms. The standard InChI is InChI=1S/C13H21NO3/c1-13(12(16)17)7-8-14(9-13)11(15)6-5-10-3-2-4-10/h10H,2-9H2,1H3,(H,16,17). The Morgan fingerprint density at radius 3 is 2.59 bits per heavy atom. The van der Waals surface area contributed by atoms with Crippen LogP contribution in [0.1, 0.15) is 45.4 Å². The molecule has 4 heteroatoms. The summed E-state index contributed by atoms with van der Waals surface area (Å²) in [5.74, 6) is 0.0982. The number of carboxylic acid groups (broad SMARTS) is 1. The molecule has 0 aromatic heterocycles. The number of likely N-dealkylation sites (tertiary alicyclic amines) is 1. The summed E-state index contributed by atoms with van der Waals surface area (Å²) in [5.41, 5.74) is -0.730. The van der Waals surface area contributed by atoms with Crippen LogP contribution in [0.25, 0.3) is 0 Å². The van der Waals surface area contributed by atoms with Crippen molar-refractivity contribution in [1.29, 1.82) is 0 Å². The molecule has 2 fully saturated rings. The molecule has 1 N–H and O–H groups in total. The summed E-state index contributed by atoms with van der Waals surface area (Å²) in [6.07, 6.45) is 6.00. The summed E-state index contributed by atoms with van der Waals surface area (Å²) < 4.78 is 0. The molecule has 0 aromatic carbocycles. The zero-order chi connectivity index (χ0) is 12.5. The Bertz CT molecular complexity index is 325. The van der Waals surface area contributed by atoms with Crippen LogP contribution in [-0.4, -0.2) is 35.0 Å². The van der Waals surface area contributed by atoms with Crippen LogP contribution in [0.5, 0.6) is 0 Å². The maximum Gasteiger partial charge on any atom is 0.311 e. The first-order valence-corrected chi connectivity index (χ1v) is 6.52.